The number of rotatable bonds is 5. The summed E-state index contributed by atoms with van der Waals surface area (Å²) in [6.45, 7) is 10.3. The minimum Gasteiger partial charge on any atom is -0.321 e. The van der Waals surface area contributed by atoms with Crippen molar-refractivity contribution in [3.63, 3.8) is 0 Å². The zero-order valence-electron chi connectivity index (χ0n) is 13.7. The second-order valence-electron chi connectivity index (χ2n) is 6.40. The van der Waals surface area contributed by atoms with Gasteiger partial charge in [0.1, 0.15) is 0 Å². The molecule has 1 aliphatic heterocycles. The third kappa shape index (κ3) is 3.82. The maximum absolute atomic E-state index is 6.11. The van der Waals surface area contributed by atoms with Crippen molar-refractivity contribution in [2.45, 2.75) is 58.3 Å². The van der Waals surface area contributed by atoms with Crippen molar-refractivity contribution in [2.24, 2.45) is 0 Å². The molecule has 1 saturated heterocycles. The van der Waals surface area contributed by atoms with Crippen LogP contribution < -0.4 is 5.30 Å². The molecule has 1 heterocycles. The van der Waals surface area contributed by atoms with E-state index in [1.54, 1.807) is 0 Å². The quantitative estimate of drug-likeness (QED) is 0.471. The van der Waals surface area contributed by atoms with Crippen molar-refractivity contribution in [2.75, 3.05) is 7.11 Å². The van der Waals surface area contributed by atoms with Crippen LogP contribution in [0.2, 0.25) is 0 Å². The molecule has 1 aliphatic rings. The van der Waals surface area contributed by atoms with Crippen LogP contribution in [0.5, 0.6) is 0 Å². The Labute approximate surface area is 128 Å². The van der Waals surface area contributed by atoms with Crippen molar-refractivity contribution in [1.29, 1.82) is 0 Å². The lowest BCUT2D eigenvalue weighted by molar-refractivity contribution is -0.300. The van der Waals surface area contributed by atoms with E-state index >= 15 is 0 Å². The highest BCUT2D eigenvalue weighted by Crippen LogP contribution is 2.56. The molecule has 118 valence electrons. The van der Waals surface area contributed by atoms with E-state index in [-0.39, 0.29) is 17.3 Å². The SMILES string of the molecule is COOC(C)Cc1ccc(P2OC(C)(C)C(C)(C)O2)cc1. The molecule has 0 aromatic heterocycles. The monoisotopic (exact) mass is 312 g/mol. The topological polar surface area (TPSA) is 36.9 Å². The van der Waals surface area contributed by atoms with Crippen LogP contribution >= 0.6 is 8.38 Å². The third-order valence-corrected chi connectivity index (χ3v) is 5.97. The Morgan fingerprint density at radius 1 is 1.05 bits per heavy atom. The average Bonchev–Trinajstić information content (AvgIpc) is 2.59. The van der Waals surface area contributed by atoms with E-state index in [1.165, 1.54) is 12.7 Å². The van der Waals surface area contributed by atoms with Crippen molar-refractivity contribution in [3.8, 4) is 0 Å². The van der Waals surface area contributed by atoms with Gasteiger partial charge < -0.3 is 9.05 Å². The molecule has 0 spiro atoms. The molecule has 0 radical (unpaired) electrons. The minimum absolute atomic E-state index is 0.0309. The van der Waals surface area contributed by atoms with Gasteiger partial charge in [0.05, 0.1) is 24.4 Å². The van der Waals surface area contributed by atoms with Crippen LogP contribution in [-0.2, 0) is 25.2 Å². The molecule has 1 unspecified atom stereocenters. The summed E-state index contributed by atoms with van der Waals surface area (Å²) in [6, 6.07) is 8.35. The van der Waals surface area contributed by atoms with Crippen molar-refractivity contribution in [3.05, 3.63) is 29.8 Å². The molecular formula is C16H25O4P. The Morgan fingerprint density at radius 3 is 2.05 bits per heavy atom. The molecule has 1 aromatic rings. The van der Waals surface area contributed by atoms with Crippen LogP contribution in [0, 0.1) is 0 Å². The Kier molecular flexibility index (Phi) is 5.07. The fraction of sp³-hybridized carbons (Fsp3) is 0.625. The molecule has 2 rings (SSSR count). The van der Waals surface area contributed by atoms with E-state index in [0.29, 0.717) is 0 Å². The van der Waals surface area contributed by atoms with Crippen molar-refractivity contribution < 1.29 is 18.8 Å². The van der Waals surface area contributed by atoms with Gasteiger partial charge >= 0.3 is 0 Å². The zero-order chi connectivity index (χ0) is 15.7. The summed E-state index contributed by atoms with van der Waals surface area (Å²) in [5, 5.41) is 1.10. The third-order valence-electron chi connectivity index (χ3n) is 4.00. The molecule has 0 amide bonds. The van der Waals surface area contributed by atoms with Crippen LogP contribution in [-0.4, -0.2) is 24.4 Å². The number of hydrogen-bond donors (Lipinski definition) is 0. The van der Waals surface area contributed by atoms with Gasteiger partial charge in [-0.25, -0.2) is 9.78 Å². The van der Waals surface area contributed by atoms with E-state index in [1.807, 2.05) is 6.92 Å². The summed E-state index contributed by atoms with van der Waals surface area (Å²) in [5.74, 6) is 0. The number of hydrogen-bond acceptors (Lipinski definition) is 4. The van der Waals surface area contributed by atoms with E-state index in [2.05, 4.69) is 56.8 Å². The van der Waals surface area contributed by atoms with E-state index in [4.69, 9.17) is 13.9 Å². The van der Waals surface area contributed by atoms with Crippen LogP contribution in [0.4, 0.5) is 0 Å². The van der Waals surface area contributed by atoms with E-state index in [0.717, 1.165) is 11.7 Å². The van der Waals surface area contributed by atoms with Crippen LogP contribution in [0.3, 0.4) is 0 Å². The molecule has 0 saturated carbocycles. The summed E-state index contributed by atoms with van der Waals surface area (Å²) in [4.78, 5) is 9.77. The molecule has 0 bridgehead atoms. The van der Waals surface area contributed by atoms with Crippen LogP contribution in [0.25, 0.3) is 0 Å². The molecule has 0 N–H and O–H groups in total. The summed E-state index contributed by atoms with van der Waals surface area (Å²) < 4.78 is 12.2. The molecule has 21 heavy (non-hydrogen) atoms. The lowest BCUT2D eigenvalue weighted by atomic mass is 9.90. The van der Waals surface area contributed by atoms with Gasteiger partial charge in [0.15, 0.2) is 0 Å². The first-order valence-corrected chi connectivity index (χ1v) is 8.40. The molecule has 1 atom stereocenters. The van der Waals surface area contributed by atoms with Crippen molar-refractivity contribution in [1.82, 2.24) is 0 Å². The van der Waals surface area contributed by atoms with Gasteiger partial charge in [0, 0.05) is 11.7 Å². The predicted molar refractivity (Wildman–Crippen MR) is 84.6 cm³/mol. The highest BCUT2D eigenvalue weighted by atomic mass is 31.2. The zero-order valence-corrected chi connectivity index (χ0v) is 14.6. The van der Waals surface area contributed by atoms with Crippen LogP contribution in [0.1, 0.15) is 40.2 Å². The predicted octanol–water partition coefficient (Wildman–Crippen LogP) is 3.74. The summed E-state index contributed by atoms with van der Waals surface area (Å²) in [5.41, 5.74) is 0.646. The second-order valence-corrected chi connectivity index (χ2v) is 7.80. The Bertz CT molecular complexity index is 454. The smallest absolute Gasteiger partial charge is 0.206 e. The average molecular weight is 312 g/mol. The molecule has 5 heteroatoms. The first kappa shape index (κ1) is 16.9. The van der Waals surface area contributed by atoms with Crippen LogP contribution in [0.15, 0.2) is 24.3 Å². The summed E-state index contributed by atoms with van der Waals surface area (Å²) >= 11 is 0. The largest absolute Gasteiger partial charge is 0.321 e. The van der Waals surface area contributed by atoms with Gasteiger partial charge in [-0.2, -0.15) is 0 Å². The van der Waals surface area contributed by atoms with E-state index < -0.39 is 8.38 Å². The van der Waals surface area contributed by atoms with Crippen molar-refractivity contribution >= 4 is 13.7 Å². The molecule has 1 aromatic carbocycles. The van der Waals surface area contributed by atoms with Gasteiger partial charge in [0.2, 0.25) is 8.38 Å². The Hall–Kier alpha value is -0.510. The number of benzene rings is 1. The molecular weight excluding hydrogens is 287 g/mol. The first-order valence-electron chi connectivity index (χ1n) is 7.22. The van der Waals surface area contributed by atoms with Gasteiger partial charge in [-0.15, -0.1) is 0 Å². The molecule has 4 nitrogen and oxygen atoms in total. The van der Waals surface area contributed by atoms with Gasteiger partial charge in [0.25, 0.3) is 0 Å². The maximum atomic E-state index is 6.11. The lowest BCUT2D eigenvalue weighted by Crippen LogP contribution is -2.41. The highest BCUT2D eigenvalue weighted by molar-refractivity contribution is 7.56. The second kappa shape index (κ2) is 6.31. The standard InChI is InChI=1S/C16H25O4P/c1-12(18-17-6)11-13-7-9-14(10-8-13)21-19-15(2,3)16(4,5)20-21/h7-10,12H,11H2,1-6H3. The van der Waals surface area contributed by atoms with Gasteiger partial charge in [-0.3, -0.25) is 0 Å². The van der Waals surface area contributed by atoms with Gasteiger partial charge in [-0.1, -0.05) is 12.1 Å². The summed E-state index contributed by atoms with van der Waals surface area (Å²) in [6.07, 6.45) is 0.841. The molecule has 0 aliphatic carbocycles. The fourth-order valence-corrected chi connectivity index (χ4v) is 3.95. The van der Waals surface area contributed by atoms with E-state index in [9.17, 15) is 0 Å². The van der Waals surface area contributed by atoms with Gasteiger partial charge in [-0.05, 0) is 52.3 Å². The minimum atomic E-state index is -1.01. The fourth-order valence-electron chi connectivity index (χ4n) is 2.04. The Morgan fingerprint density at radius 2 is 1.57 bits per heavy atom. The Balaban J connectivity index is 2.03. The normalized spacial score (nSPS) is 22.4. The molecule has 1 fully saturated rings. The maximum Gasteiger partial charge on any atom is 0.206 e. The summed E-state index contributed by atoms with van der Waals surface area (Å²) in [7, 11) is 0.517. The highest BCUT2D eigenvalue weighted by Gasteiger charge is 2.50. The lowest BCUT2D eigenvalue weighted by Gasteiger charge is -2.29. The first-order chi connectivity index (χ1) is 9.75.